The van der Waals surface area contributed by atoms with E-state index in [2.05, 4.69) is 0 Å². The maximum atomic E-state index is 12.2. The number of ether oxygens (including phenoxy) is 1. The Hall–Kier alpha value is -2.55. The summed E-state index contributed by atoms with van der Waals surface area (Å²) in [5.74, 6) is 0.734. The van der Waals surface area contributed by atoms with Crippen molar-refractivity contribution in [3.8, 4) is 11.4 Å². The molecule has 0 amide bonds. The SMILES string of the molecule is COc1cccc(-n2c(=O)ccc3ccccc32)c1. The van der Waals surface area contributed by atoms with Crippen LogP contribution in [0, 0.1) is 0 Å². The minimum absolute atomic E-state index is 0.0491. The van der Waals surface area contributed by atoms with Gasteiger partial charge in [0, 0.05) is 12.1 Å². The molecule has 1 aromatic heterocycles. The molecule has 3 rings (SSSR count). The Balaban J connectivity index is 2.35. The second-order valence-electron chi connectivity index (χ2n) is 4.27. The van der Waals surface area contributed by atoms with Crippen LogP contribution in [0.2, 0.25) is 0 Å². The number of rotatable bonds is 2. The van der Waals surface area contributed by atoms with Gasteiger partial charge in [-0.1, -0.05) is 24.3 Å². The van der Waals surface area contributed by atoms with Crippen LogP contribution in [-0.2, 0) is 0 Å². The first-order valence-electron chi connectivity index (χ1n) is 6.05. The van der Waals surface area contributed by atoms with Crippen LogP contribution in [0.4, 0.5) is 0 Å². The van der Waals surface area contributed by atoms with Gasteiger partial charge in [0.2, 0.25) is 0 Å². The summed E-state index contributed by atoms with van der Waals surface area (Å²) in [6.07, 6.45) is 0. The van der Waals surface area contributed by atoms with E-state index in [9.17, 15) is 4.79 Å². The summed E-state index contributed by atoms with van der Waals surface area (Å²) in [6.45, 7) is 0. The second kappa shape index (κ2) is 4.61. The summed E-state index contributed by atoms with van der Waals surface area (Å²) in [5.41, 5.74) is 1.65. The third kappa shape index (κ3) is 1.99. The quantitative estimate of drug-likeness (QED) is 0.701. The molecule has 3 aromatic rings. The molecular formula is C16H13NO2. The Bertz CT molecular complexity index is 790. The van der Waals surface area contributed by atoms with E-state index in [0.29, 0.717) is 0 Å². The number of nitrogens with zero attached hydrogens (tertiary/aromatic N) is 1. The normalized spacial score (nSPS) is 10.6. The van der Waals surface area contributed by atoms with Crippen molar-refractivity contribution in [2.24, 2.45) is 0 Å². The lowest BCUT2D eigenvalue weighted by Gasteiger charge is -2.11. The topological polar surface area (TPSA) is 31.2 Å². The lowest BCUT2D eigenvalue weighted by atomic mass is 10.2. The van der Waals surface area contributed by atoms with Gasteiger partial charge in [-0.3, -0.25) is 9.36 Å². The molecule has 0 unspecified atom stereocenters. The molecular weight excluding hydrogens is 238 g/mol. The smallest absolute Gasteiger partial charge is 0.255 e. The van der Waals surface area contributed by atoms with Crippen LogP contribution < -0.4 is 10.3 Å². The highest BCUT2D eigenvalue weighted by Crippen LogP contribution is 2.19. The van der Waals surface area contributed by atoms with Crippen LogP contribution in [0.3, 0.4) is 0 Å². The molecule has 0 saturated carbocycles. The van der Waals surface area contributed by atoms with Gasteiger partial charge in [-0.2, -0.15) is 0 Å². The molecule has 0 aliphatic heterocycles. The molecule has 3 heteroatoms. The highest BCUT2D eigenvalue weighted by atomic mass is 16.5. The van der Waals surface area contributed by atoms with Crippen molar-refractivity contribution in [1.29, 1.82) is 0 Å². The Morgan fingerprint density at radius 1 is 0.947 bits per heavy atom. The summed E-state index contributed by atoms with van der Waals surface area (Å²) >= 11 is 0. The maximum Gasteiger partial charge on any atom is 0.255 e. The largest absolute Gasteiger partial charge is 0.497 e. The summed E-state index contributed by atoms with van der Waals surface area (Å²) in [7, 11) is 1.62. The number of aromatic nitrogens is 1. The fourth-order valence-electron chi connectivity index (χ4n) is 2.20. The van der Waals surface area contributed by atoms with Crippen molar-refractivity contribution in [3.05, 3.63) is 71.0 Å². The molecule has 0 bridgehead atoms. The third-order valence-electron chi connectivity index (χ3n) is 3.12. The average Bonchev–Trinajstić information content (AvgIpc) is 2.47. The molecule has 2 aromatic carbocycles. The minimum atomic E-state index is -0.0491. The monoisotopic (exact) mass is 251 g/mol. The van der Waals surface area contributed by atoms with E-state index in [0.717, 1.165) is 22.3 Å². The molecule has 0 aliphatic rings. The van der Waals surface area contributed by atoms with E-state index in [1.165, 1.54) is 0 Å². The van der Waals surface area contributed by atoms with E-state index in [-0.39, 0.29) is 5.56 Å². The highest BCUT2D eigenvalue weighted by Gasteiger charge is 2.05. The van der Waals surface area contributed by atoms with Gasteiger partial charge in [0.1, 0.15) is 5.75 Å². The van der Waals surface area contributed by atoms with Crippen LogP contribution in [0.15, 0.2) is 65.5 Å². The summed E-state index contributed by atoms with van der Waals surface area (Å²) in [5, 5.41) is 1.03. The summed E-state index contributed by atoms with van der Waals surface area (Å²) in [6, 6.07) is 18.7. The van der Waals surface area contributed by atoms with Gasteiger partial charge < -0.3 is 4.74 Å². The first kappa shape index (κ1) is 11.5. The Kier molecular flexibility index (Phi) is 2.80. The van der Waals surface area contributed by atoms with E-state index in [1.807, 2.05) is 54.6 Å². The highest BCUT2D eigenvalue weighted by molar-refractivity contribution is 5.80. The van der Waals surface area contributed by atoms with Crippen molar-refractivity contribution in [1.82, 2.24) is 4.57 Å². The number of hydrogen-bond donors (Lipinski definition) is 0. The van der Waals surface area contributed by atoms with E-state index >= 15 is 0 Å². The fraction of sp³-hybridized carbons (Fsp3) is 0.0625. The van der Waals surface area contributed by atoms with E-state index in [4.69, 9.17) is 4.74 Å². The molecule has 0 fully saturated rings. The predicted molar refractivity (Wildman–Crippen MR) is 76.1 cm³/mol. The number of pyridine rings is 1. The molecule has 0 radical (unpaired) electrons. The van der Waals surface area contributed by atoms with Gasteiger partial charge in [-0.15, -0.1) is 0 Å². The molecule has 0 aliphatic carbocycles. The van der Waals surface area contributed by atoms with Crippen LogP contribution in [0.25, 0.3) is 16.6 Å². The number of para-hydroxylation sites is 1. The molecule has 94 valence electrons. The number of methoxy groups -OCH3 is 1. The van der Waals surface area contributed by atoms with Gasteiger partial charge >= 0.3 is 0 Å². The number of hydrogen-bond acceptors (Lipinski definition) is 2. The van der Waals surface area contributed by atoms with E-state index in [1.54, 1.807) is 17.7 Å². The Labute approximate surface area is 110 Å². The number of benzene rings is 2. The van der Waals surface area contributed by atoms with Gasteiger partial charge in [-0.25, -0.2) is 0 Å². The zero-order chi connectivity index (χ0) is 13.2. The standard InChI is InChI=1S/C16H13NO2/c1-19-14-7-4-6-13(11-14)17-15-8-3-2-5-12(15)9-10-16(17)18/h2-11H,1H3. The van der Waals surface area contributed by atoms with Crippen LogP contribution >= 0.6 is 0 Å². The first-order chi connectivity index (χ1) is 9.29. The minimum Gasteiger partial charge on any atom is -0.497 e. The van der Waals surface area contributed by atoms with Crippen LogP contribution in [-0.4, -0.2) is 11.7 Å². The molecule has 3 nitrogen and oxygen atoms in total. The molecule has 0 atom stereocenters. The van der Waals surface area contributed by atoms with Crippen molar-refractivity contribution in [2.75, 3.05) is 7.11 Å². The molecule has 0 spiro atoms. The van der Waals surface area contributed by atoms with Crippen molar-refractivity contribution < 1.29 is 4.74 Å². The van der Waals surface area contributed by atoms with Gasteiger partial charge in [0.05, 0.1) is 18.3 Å². The van der Waals surface area contributed by atoms with Crippen molar-refractivity contribution in [3.63, 3.8) is 0 Å². The Morgan fingerprint density at radius 3 is 2.63 bits per heavy atom. The van der Waals surface area contributed by atoms with Crippen LogP contribution in [0.5, 0.6) is 5.75 Å². The molecule has 1 heterocycles. The average molecular weight is 251 g/mol. The lowest BCUT2D eigenvalue weighted by Crippen LogP contribution is -2.17. The van der Waals surface area contributed by atoms with E-state index < -0.39 is 0 Å². The lowest BCUT2D eigenvalue weighted by molar-refractivity contribution is 0.414. The summed E-state index contributed by atoms with van der Waals surface area (Å²) in [4.78, 5) is 12.2. The van der Waals surface area contributed by atoms with Gasteiger partial charge in [0.15, 0.2) is 0 Å². The third-order valence-corrected chi connectivity index (χ3v) is 3.12. The Morgan fingerprint density at radius 2 is 1.79 bits per heavy atom. The molecule has 19 heavy (non-hydrogen) atoms. The molecule has 0 N–H and O–H groups in total. The first-order valence-corrected chi connectivity index (χ1v) is 6.05. The number of fused-ring (bicyclic) bond motifs is 1. The fourth-order valence-corrected chi connectivity index (χ4v) is 2.20. The van der Waals surface area contributed by atoms with Gasteiger partial charge in [-0.05, 0) is 29.7 Å². The van der Waals surface area contributed by atoms with Crippen molar-refractivity contribution >= 4 is 10.9 Å². The van der Waals surface area contributed by atoms with Crippen LogP contribution in [0.1, 0.15) is 0 Å². The zero-order valence-corrected chi connectivity index (χ0v) is 10.5. The van der Waals surface area contributed by atoms with Gasteiger partial charge in [0.25, 0.3) is 5.56 Å². The molecule has 0 saturated heterocycles. The summed E-state index contributed by atoms with van der Waals surface area (Å²) < 4.78 is 6.91. The predicted octanol–water partition coefficient (Wildman–Crippen LogP) is 3.00. The second-order valence-corrected chi connectivity index (χ2v) is 4.27. The zero-order valence-electron chi connectivity index (χ0n) is 10.5. The maximum absolute atomic E-state index is 12.2. The van der Waals surface area contributed by atoms with Crippen molar-refractivity contribution in [2.45, 2.75) is 0 Å².